The Morgan fingerprint density at radius 3 is 2.29 bits per heavy atom. The molecule has 9 heteroatoms. The summed E-state index contributed by atoms with van der Waals surface area (Å²) in [6.07, 6.45) is 6.96. The summed E-state index contributed by atoms with van der Waals surface area (Å²) in [6, 6.07) is 35.3. The Kier molecular flexibility index (Phi) is 12.6. The van der Waals surface area contributed by atoms with Crippen molar-refractivity contribution in [2.45, 2.75) is 32.9 Å². The van der Waals surface area contributed by atoms with Gasteiger partial charge in [0.25, 0.3) is 0 Å². The Labute approximate surface area is 310 Å². The molecule has 4 aromatic carbocycles. The van der Waals surface area contributed by atoms with Crippen molar-refractivity contribution in [2.75, 3.05) is 32.8 Å². The minimum Gasteiger partial charge on any atom is -0.494 e. The number of carbonyl (C=O) groups excluding carboxylic acids is 1. The molecule has 264 valence electrons. The summed E-state index contributed by atoms with van der Waals surface area (Å²) in [4.78, 5) is 21.7. The van der Waals surface area contributed by atoms with Crippen LogP contribution in [0.2, 0.25) is 5.02 Å². The van der Waals surface area contributed by atoms with E-state index in [0.717, 1.165) is 54.9 Å². The fraction of sp³-hybridized carbons (Fsp3) is 0.233. The van der Waals surface area contributed by atoms with E-state index in [1.54, 1.807) is 48.7 Å². The number of amides is 1. The van der Waals surface area contributed by atoms with Crippen molar-refractivity contribution < 1.29 is 19.0 Å². The van der Waals surface area contributed by atoms with Gasteiger partial charge in [-0.3, -0.25) is 9.69 Å². The van der Waals surface area contributed by atoms with Crippen molar-refractivity contribution in [1.82, 2.24) is 14.8 Å². The molecule has 1 fully saturated rings. The van der Waals surface area contributed by atoms with Crippen LogP contribution in [0.25, 0.3) is 6.08 Å². The lowest BCUT2D eigenvalue weighted by Crippen LogP contribution is -2.47. The lowest BCUT2D eigenvalue weighted by molar-refractivity contribution is -0.127. The Bertz CT molecular complexity index is 1960. The van der Waals surface area contributed by atoms with Crippen molar-refractivity contribution >= 4 is 23.6 Å². The van der Waals surface area contributed by atoms with E-state index in [1.165, 1.54) is 11.1 Å². The average molecular weight is 713 g/mol. The van der Waals surface area contributed by atoms with Crippen LogP contribution in [0.3, 0.4) is 0 Å². The second kappa shape index (κ2) is 18.0. The Morgan fingerprint density at radius 1 is 0.865 bits per heavy atom. The number of aromatic nitrogens is 1. The lowest BCUT2D eigenvalue weighted by Gasteiger charge is -2.34. The summed E-state index contributed by atoms with van der Waals surface area (Å²) in [5.41, 5.74) is 5.78. The van der Waals surface area contributed by atoms with Gasteiger partial charge in [-0.2, -0.15) is 5.26 Å². The van der Waals surface area contributed by atoms with Crippen molar-refractivity contribution in [3.63, 3.8) is 0 Å². The number of hydrogen-bond acceptors (Lipinski definition) is 7. The number of carbonyl (C=O) groups is 1. The van der Waals surface area contributed by atoms with Gasteiger partial charge in [0, 0.05) is 44.9 Å². The van der Waals surface area contributed by atoms with Crippen LogP contribution in [-0.2, 0) is 24.4 Å². The fourth-order valence-corrected chi connectivity index (χ4v) is 6.21. The molecular formula is C43H41ClN4O4. The van der Waals surface area contributed by atoms with Gasteiger partial charge in [-0.1, -0.05) is 66.2 Å². The summed E-state index contributed by atoms with van der Waals surface area (Å²) >= 11 is 6.62. The molecule has 1 amide bonds. The first-order valence-electron chi connectivity index (χ1n) is 17.4. The first-order valence-corrected chi connectivity index (χ1v) is 17.8. The first-order chi connectivity index (χ1) is 25.4. The molecule has 8 nitrogen and oxygen atoms in total. The van der Waals surface area contributed by atoms with Gasteiger partial charge >= 0.3 is 0 Å². The maximum absolute atomic E-state index is 13.0. The van der Waals surface area contributed by atoms with Crippen LogP contribution >= 0.6 is 11.6 Å². The van der Waals surface area contributed by atoms with Crippen LogP contribution in [0.1, 0.15) is 39.8 Å². The normalized spacial score (nSPS) is 13.1. The van der Waals surface area contributed by atoms with E-state index in [9.17, 15) is 4.79 Å². The number of nitriles is 1. The molecule has 5 aromatic rings. The maximum atomic E-state index is 13.0. The summed E-state index contributed by atoms with van der Waals surface area (Å²) in [5, 5.41) is 9.38. The van der Waals surface area contributed by atoms with Crippen LogP contribution in [0.5, 0.6) is 23.1 Å². The number of benzene rings is 4. The maximum Gasteiger partial charge on any atom is 0.246 e. The van der Waals surface area contributed by atoms with Crippen LogP contribution in [0, 0.1) is 18.3 Å². The topological polar surface area (TPSA) is 87.9 Å². The molecule has 0 aliphatic carbocycles. The number of pyridine rings is 1. The molecule has 1 aliphatic heterocycles. The molecule has 6 rings (SSSR count). The largest absolute Gasteiger partial charge is 0.494 e. The fourth-order valence-electron chi connectivity index (χ4n) is 5.89. The molecule has 1 aromatic heterocycles. The van der Waals surface area contributed by atoms with Gasteiger partial charge in [0.2, 0.25) is 11.8 Å². The first kappa shape index (κ1) is 36.2. The zero-order chi connectivity index (χ0) is 36.1. The molecule has 2 heterocycles. The molecule has 0 radical (unpaired) electrons. The van der Waals surface area contributed by atoms with Gasteiger partial charge in [-0.05, 0) is 96.1 Å². The Morgan fingerprint density at radius 2 is 1.60 bits per heavy atom. The standard InChI is InChI=1S/C43H41ClN4O4/c1-32-26-37(27-40(44)43(32)52-41-19-18-39(29-46-41)51-31-36-15-11-34(28-45)12-16-36)17-20-42(49)48-23-21-47(22-24-48)30-35-13-9-33(10-14-35)6-5-25-50-38-7-3-2-4-8-38/h2-4,7-20,26-27,29H,5-6,21-25,30-31H2,1H3/b20-17+. The molecular weight excluding hydrogens is 672 g/mol. The van der Waals surface area contributed by atoms with E-state index < -0.39 is 0 Å². The molecule has 0 spiro atoms. The molecule has 1 aliphatic rings. The molecule has 0 bridgehead atoms. The molecule has 0 saturated carbocycles. The molecule has 0 N–H and O–H groups in total. The summed E-state index contributed by atoms with van der Waals surface area (Å²) in [5.74, 6) is 2.37. The minimum atomic E-state index is -0.0139. The van der Waals surface area contributed by atoms with E-state index in [-0.39, 0.29) is 5.91 Å². The van der Waals surface area contributed by atoms with Crippen molar-refractivity contribution in [1.29, 1.82) is 5.26 Å². The zero-order valence-electron chi connectivity index (χ0n) is 29.2. The molecule has 0 unspecified atom stereocenters. The number of hydrogen-bond donors (Lipinski definition) is 0. The molecule has 1 saturated heterocycles. The highest BCUT2D eigenvalue weighted by Crippen LogP contribution is 2.34. The molecule has 0 atom stereocenters. The predicted octanol–water partition coefficient (Wildman–Crippen LogP) is 8.66. The quantitative estimate of drug-likeness (QED) is 0.0841. The summed E-state index contributed by atoms with van der Waals surface area (Å²) in [7, 11) is 0. The van der Waals surface area contributed by atoms with Crippen molar-refractivity contribution in [3.8, 4) is 29.2 Å². The second-order valence-corrected chi connectivity index (χ2v) is 13.1. The lowest BCUT2D eigenvalue weighted by atomic mass is 10.1. The van der Waals surface area contributed by atoms with Gasteiger partial charge in [0.1, 0.15) is 18.1 Å². The smallest absolute Gasteiger partial charge is 0.246 e. The summed E-state index contributed by atoms with van der Waals surface area (Å²) < 4.78 is 17.6. The van der Waals surface area contributed by atoms with Crippen LogP contribution in [0.15, 0.2) is 115 Å². The Hall–Kier alpha value is -5.62. The third-order valence-corrected chi connectivity index (χ3v) is 9.09. The van der Waals surface area contributed by atoms with Gasteiger partial charge in [0.05, 0.1) is 29.5 Å². The van der Waals surface area contributed by atoms with Gasteiger partial charge in [-0.15, -0.1) is 0 Å². The summed E-state index contributed by atoms with van der Waals surface area (Å²) in [6.45, 7) is 6.85. The highest BCUT2D eigenvalue weighted by Gasteiger charge is 2.20. The third-order valence-electron chi connectivity index (χ3n) is 8.81. The molecule has 52 heavy (non-hydrogen) atoms. The van der Waals surface area contributed by atoms with E-state index in [0.29, 0.717) is 54.3 Å². The van der Waals surface area contributed by atoms with E-state index in [1.807, 2.05) is 60.4 Å². The van der Waals surface area contributed by atoms with Gasteiger partial charge in [0.15, 0.2) is 5.75 Å². The van der Waals surface area contributed by atoms with E-state index in [2.05, 4.69) is 40.2 Å². The number of aryl methyl sites for hydroxylation is 2. The van der Waals surface area contributed by atoms with Gasteiger partial charge < -0.3 is 19.1 Å². The van der Waals surface area contributed by atoms with Crippen molar-refractivity contribution in [3.05, 3.63) is 154 Å². The highest BCUT2D eigenvalue weighted by atomic mass is 35.5. The average Bonchev–Trinajstić information content (AvgIpc) is 3.18. The van der Waals surface area contributed by atoms with Crippen LogP contribution in [-0.4, -0.2) is 53.5 Å². The Balaban J connectivity index is 0.922. The number of ether oxygens (including phenoxy) is 3. The zero-order valence-corrected chi connectivity index (χ0v) is 30.0. The second-order valence-electron chi connectivity index (χ2n) is 12.7. The predicted molar refractivity (Wildman–Crippen MR) is 204 cm³/mol. The van der Waals surface area contributed by atoms with Crippen molar-refractivity contribution in [2.24, 2.45) is 0 Å². The van der Waals surface area contributed by atoms with Crippen LogP contribution < -0.4 is 14.2 Å². The number of halogens is 1. The highest BCUT2D eigenvalue weighted by molar-refractivity contribution is 6.32. The number of piperazine rings is 1. The number of nitrogens with zero attached hydrogens (tertiary/aromatic N) is 4. The van der Waals surface area contributed by atoms with E-state index >= 15 is 0 Å². The van der Waals surface area contributed by atoms with E-state index in [4.69, 9.17) is 31.1 Å². The monoisotopic (exact) mass is 712 g/mol. The van der Waals surface area contributed by atoms with Crippen LogP contribution in [0.4, 0.5) is 0 Å². The number of para-hydroxylation sites is 1. The minimum absolute atomic E-state index is 0.0139. The third kappa shape index (κ3) is 10.5. The SMILES string of the molecule is Cc1cc(/C=C/C(=O)N2CCN(Cc3ccc(CCCOc4ccccc4)cc3)CC2)cc(Cl)c1Oc1ccc(OCc2ccc(C#N)cc2)cn1. The number of rotatable bonds is 14. The van der Waals surface area contributed by atoms with Gasteiger partial charge in [-0.25, -0.2) is 4.98 Å².